The van der Waals surface area contributed by atoms with E-state index in [1.165, 1.54) is 102 Å². The zero-order valence-electron chi connectivity index (χ0n) is 33.1. The first-order valence-corrected chi connectivity index (χ1v) is 21.8. The Morgan fingerprint density at radius 2 is 1.00 bits per heavy atom. The lowest BCUT2D eigenvalue weighted by Crippen LogP contribution is -2.57. The molecule has 2 aromatic heterocycles. The first kappa shape index (κ1) is 36.5. The van der Waals surface area contributed by atoms with E-state index in [-0.39, 0.29) is 0 Å². The molecule has 4 aromatic carbocycles. The van der Waals surface area contributed by atoms with Crippen molar-refractivity contribution in [1.82, 2.24) is 0 Å². The van der Waals surface area contributed by atoms with Crippen LogP contribution in [0.2, 0.25) is 0 Å². The molecule has 0 amide bonds. The van der Waals surface area contributed by atoms with Gasteiger partial charge >= 0.3 is 0 Å². The van der Waals surface area contributed by atoms with Gasteiger partial charge in [0.05, 0.1) is 0 Å². The van der Waals surface area contributed by atoms with Crippen LogP contribution in [0.4, 0.5) is 0 Å². The molecular weight excluding hydrogens is 694 g/mol. The molecule has 4 heterocycles. The Balaban J connectivity index is 1.07. The normalized spacial score (nSPS) is 15.1. The summed E-state index contributed by atoms with van der Waals surface area (Å²) in [5.41, 5.74) is 23.2. The van der Waals surface area contributed by atoms with Crippen LogP contribution < -0.4 is 21.9 Å². The molecule has 266 valence electrons. The molecule has 0 radical (unpaired) electrons. The van der Waals surface area contributed by atoms with Gasteiger partial charge in [0.2, 0.25) is 13.4 Å². The molecule has 53 heavy (non-hydrogen) atoms. The van der Waals surface area contributed by atoms with Gasteiger partial charge in [0, 0.05) is 24.7 Å². The average molecular weight is 745 g/mol. The number of benzene rings is 4. The van der Waals surface area contributed by atoms with Gasteiger partial charge in [-0.2, -0.15) is 0 Å². The van der Waals surface area contributed by atoms with Crippen LogP contribution in [0.25, 0.3) is 14.7 Å². The predicted octanol–water partition coefficient (Wildman–Crippen LogP) is 10.6. The maximum atomic E-state index is 2.54. The van der Waals surface area contributed by atoms with Gasteiger partial charge in [-0.15, -0.1) is 34.4 Å². The summed E-state index contributed by atoms with van der Waals surface area (Å²) in [7, 11) is 0. The van der Waals surface area contributed by atoms with Crippen LogP contribution in [-0.4, -0.2) is 18.6 Å². The summed E-state index contributed by atoms with van der Waals surface area (Å²) in [5.74, 6) is 0. The average Bonchev–Trinajstić information content (AvgIpc) is 3.84. The molecule has 0 aliphatic carbocycles. The van der Waals surface area contributed by atoms with E-state index in [0.29, 0.717) is 18.6 Å². The fourth-order valence-electron chi connectivity index (χ4n) is 10.1. The smallest absolute Gasteiger partial charge is 0.140 e. The van der Waals surface area contributed by atoms with Gasteiger partial charge in [-0.1, -0.05) is 132 Å². The highest BCUT2D eigenvalue weighted by Crippen LogP contribution is 2.46. The van der Waals surface area contributed by atoms with Crippen LogP contribution in [0.5, 0.6) is 0 Å². The predicted molar refractivity (Wildman–Crippen MR) is 241 cm³/mol. The van der Waals surface area contributed by atoms with Crippen LogP contribution in [0.3, 0.4) is 0 Å². The Kier molecular flexibility index (Phi) is 9.84. The summed E-state index contributed by atoms with van der Waals surface area (Å²) in [6.45, 7) is 23.6. The molecule has 0 fully saturated rings. The number of thiophene rings is 2. The van der Waals surface area contributed by atoms with Crippen molar-refractivity contribution in [3.8, 4) is 9.75 Å². The second-order valence-electron chi connectivity index (χ2n) is 16.2. The Bertz CT molecular complexity index is 2280. The van der Waals surface area contributed by atoms with Gasteiger partial charge in [0.15, 0.2) is 0 Å². The fraction of sp³-hybridized carbons (Fsp3) is 0.292. The van der Waals surface area contributed by atoms with E-state index in [9.17, 15) is 0 Å². The zero-order valence-corrected chi connectivity index (χ0v) is 35.5. The lowest BCUT2D eigenvalue weighted by molar-refractivity contribution is 1.13. The van der Waals surface area contributed by atoms with Gasteiger partial charge in [-0.05, 0) is 129 Å². The molecule has 6 aromatic rings. The summed E-state index contributed by atoms with van der Waals surface area (Å²) in [6, 6.07) is 28.7. The van der Waals surface area contributed by atoms with Crippen molar-refractivity contribution in [2.24, 2.45) is 0 Å². The first-order valence-electron chi connectivity index (χ1n) is 19.3. The minimum absolute atomic E-state index is 0.328. The van der Waals surface area contributed by atoms with Crippen LogP contribution in [0.1, 0.15) is 82.9 Å². The van der Waals surface area contributed by atoms with Crippen molar-refractivity contribution in [3.05, 3.63) is 155 Å². The lowest BCUT2D eigenvalue weighted by Gasteiger charge is -2.33. The molecule has 8 rings (SSSR count). The fourth-order valence-corrected chi connectivity index (χ4v) is 13.8. The summed E-state index contributed by atoms with van der Waals surface area (Å²) < 4.78 is 0. The van der Waals surface area contributed by atoms with E-state index < -0.39 is 0 Å². The molecule has 0 bridgehead atoms. The molecule has 1 atom stereocenters. The van der Waals surface area contributed by atoms with E-state index in [2.05, 4.69) is 160 Å². The van der Waals surface area contributed by atoms with E-state index in [0.717, 1.165) is 19.2 Å². The molecule has 2 aliphatic rings. The molecule has 5 heteroatoms. The van der Waals surface area contributed by atoms with Crippen LogP contribution in [-0.2, 0) is 12.7 Å². The Morgan fingerprint density at radius 3 is 1.55 bits per heavy atom. The van der Waals surface area contributed by atoms with Gasteiger partial charge < -0.3 is 0 Å². The number of rotatable bonds is 7. The number of allylic oxidation sites excluding steroid dienone is 1. The third-order valence-electron chi connectivity index (χ3n) is 11.8. The first-order chi connectivity index (χ1) is 25.3. The highest BCUT2D eigenvalue weighted by Gasteiger charge is 2.40. The maximum Gasteiger partial charge on any atom is 0.224 e. The number of aryl methyl sites for hydroxylation is 10. The van der Waals surface area contributed by atoms with Crippen molar-refractivity contribution in [2.75, 3.05) is 0 Å². The minimum atomic E-state index is 0.328. The highest BCUT2D eigenvalue weighted by molar-refractivity contribution is 8.10. The molecule has 0 spiro atoms. The van der Waals surface area contributed by atoms with Crippen LogP contribution in [0.15, 0.2) is 78.9 Å². The molecule has 1 unspecified atom stereocenters. The van der Waals surface area contributed by atoms with Crippen molar-refractivity contribution < 1.29 is 0 Å². The summed E-state index contributed by atoms with van der Waals surface area (Å²) >= 11 is 6.08. The Hall–Kier alpha value is -3.50. The van der Waals surface area contributed by atoms with Gasteiger partial charge in [-0.25, -0.2) is 0 Å². The van der Waals surface area contributed by atoms with Gasteiger partial charge in [0.25, 0.3) is 0 Å². The summed E-state index contributed by atoms with van der Waals surface area (Å²) in [5, 5.41) is 0.504. The molecule has 2 aliphatic heterocycles. The monoisotopic (exact) mass is 744 g/mol. The number of hydrogen-bond acceptors (Lipinski definition) is 3. The molecular formula is C48H50B2S3. The van der Waals surface area contributed by atoms with Gasteiger partial charge in [-0.3, -0.25) is 0 Å². The summed E-state index contributed by atoms with van der Waals surface area (Å²) in [6.07, 6.45) is 5.71. The Morgan fingerprint density at radius 1 is 0.547 bits per heavy atom. The van der Waals surface area contributed by atoms with E-state index in [4.69, 9.17) is 0 Å². The number of fused-ring (bicyclic) bond motifs is 2. The van der Waals surface area contributed by atoms with E-state index in [1.54, 1.807) is 10.9 Å². The van der Waals surface area contributed by atoms with Crippen molar-refractivity contribution in [1.29, 1.82) is 0 Å². The quantitative estimate of drug-likeness (QED) is 0.147. The standard InChI is InChI=1S/C48H50B2S3/c1-27-17-31(5)45(32(6)18-27)49(46-33(7)19-28(2)20-34(46)8)26-39-11-12-40(51-39)41-13-14-42(52-41)43-15-16-44(53-43)50-47-35(9)21-29(3)23-37(47)25-38-24-30(4)22-36(10)48(38)50/h11-15,17-24,44H,16,25-26H2,1-10H3. The van der Waals surface area contributed by atoms with Crippen molar-refractivity contribution >= 4 is 74.6 Å². The van der Waals surface area contributed by atoms with Crippen LogP contribution in [0, 0.1) is 69.2 Å². The van der Waals surface area contributed by atoms with Gasteiger partial charge in [0.1, 0.15) is 0 Å². The largest absolute Gasteiger partial charge is 0.224 e. The highest BCUT2D eigenvalue weighted by atomic mass is 32.2. The molecule has 0 saturated carbocycles. The number of hydrogen-bond donors (Lipinski definition) is 0. The third-order valence-corrected chi connectivity index (χ3v) is 15.7. The lowest BCUT2D eigenvalue weighted by atomic mass is 9.33. The summed E-state index contributed by atoms with van der Waals surface area (Å²) in [4.78, 5) is 7.10. The topological polar surface area (TPSA) is 0 Å². The maximum absolute atomic E-state index is 2.54. The van der Waals surface area contributed by atoms with Crippen LogP contribution >= 0.6 is 34.4 Å². The minimum Gasteiger partial charge on any atom is -0.140 e. The molecule has 0 saturated heterocycles. The second-order valence-corrected chi connectivity index (χ2v) is 19.8. The zero-order chi connectivity index (χ0) is 37.3. The number of thioether (sulfide) groups is 1. The SMILES string of the molecule is Cc1cc(C)c(B(Cc2ccc(-c3ccc(C4=CCC(B5c6c(C)cc(C)cc6Cc6cc(C)cc(C)c65)S4)s3)s2)c2c(C)cc(C)cc2C)c(C)c1. The van der Waals surface area contributed by atoms with E-state index >= 15 is 0 Å². The third kappa shape index (κ3) is 6.88. The molecule has 0 N–H and O–H groups in total. The Labute approximate surface area is 331 Å². The van der Waals surface area contributed by atoms with E-state index in [1.807, 2.05) is 22.7 Å². The molecule has 0 nitrogen and oxygen atoms in total. The second kappa shape index (κ2) is 14.3. The van der Waals surface area contributed by atoms with Crippen molar-refractivity contribution in [3.63, 3.8) is 0 Å². The van der Waals surface area contributed by atoms with Crippen molar-refractivity contribution in [2.45, 2.75) is 93.5 Å².